The van der Waals surface area contributed by atoms with Crippen LogP contribution in [0.5, 0.6) is 0 Å². The third-order valence-electron chi connectivity index (χ3n) is 0.277. The van der Waals surface area contributed by atoms with Crippen molar-refractivity contribution in [2.24, 2.45) is 0 Å². The number of hydrogen-bond acceptors (Lipinski definition) is 3. The summed E-state index contributed by atoms with van der Waals surface area (Å²) in [5.74, 6) is 0. The molecule has 0 heterocycles. The number of amides is 1. The average Bonchev–Trinajstić information content (AvgIpc) is 1.65. The van der Waals surface area contributed by atoms with Crippen molar-refractivity contribution in [3.8, 4) is 0 Å². The highest BCUT2D eigenvalue weighted by Gasteiger charge is 1.86. The topological polar surface area (TPSA) is 58.6 Å². The summed E-state index contributed by atoms with van der Waals surface area (Å²) in [4.78, 5) is 9.63. The maximum atomic E-state index is 9.63. The van der Waals surface area contributed by atoms with Crippen molar-refractivity contribution in [1.82, 2.24) is 5.48 Å². The summed E-state index contributed by atoms with van der Waals surface area (Å²) in [6, 6.07) is 0. The number of hydroxylamine groups is 1. The fourth-order valence-electron chi connectivity index (χ4n) is 0.0456. The van der Waals surface area contributed by atoms with Crippen LogP contribution in [0.25, 0.3) is 0 Å². The van der Waals surface area contributed by atoms with Crippen LogP contribution in [-0.4, -0.2) is 21.8 Å². The van der Waals surface area contributed by atoms with Crippen molar-refractivity contribution in [2.75, 3.05) is 0 Å². The first-order valence-corrected chi connectivity index (χ1v) is 2.11. The molecule has 0 rings (SSSR count). The monoisotopic (exact) mass is 107 g/mol. The Labute approximate surface area is 37.6 Å². The second-order valence-electron chi connectivity index (χ2n) is 0.603. The molecular formula is CH5NO3Si. The molecule has 5 heteroatoms. The van der Waals surface area contributed by atoms with Gasteiger partial charge in [0, 0.05) is 0 Å². The lowest BCUT2D eigenvalue weighted by Crippen LogP contribution is -2.18. The zero-order valence-corrected chi connectivity index (χ0v) is 5.26. The minimum absolute atomic E-state index is 0.310. The van der Waals surface area contributed by atoms with E-state index in [1.807, 2.05) is 0 Å². The van der Waals surface area contributed by atoms with E-state index in [0.29, 0.717) is 10.5 Å². The van der Waals surface area contributed by atoms with Gasteiger partial charge >= 0.3 is 6.09 Å². The second-order valence-corrected chi connectivity index (χ2v) is 1.01. The third-order valence-corrected chi connectivity index (χ3v) is 0.647. The van der Waals surface area contributed by atoms with Crippen LogP contribution in [0.2, 0.25) is 0 Å². The molecule has 1 amide bonds. The Balaban J connectivity index is 2.99. The number of rotatable bonds is 0. The molecule has 0 bridgehead atoms. The molecule has 0 aromatic rings. The number of carbonyl (C=O) groups excluding carboxylic acids is 1. The lowest BCUT2D eigenvalue weighted by Gasteiger charge is -1.90. The minimum atomic E-state index is -0.790. The highest BCUT2D eigenvalue weighted by molar-refractivity contribution is 6.04. The standard InChI is InChI=1S/CH5NO3Si/c3-1(2-4)5-6/h4H,6H3,(H,2,3). The highest BCUT2D eigenvalue weighted by Crippen LogP contribution is 1.60. The van der Waals surface area contributed by atoms with Crippen molar-refractivity contribution < 1.29 is 14.4 Å². The molecule has 0 saturated heterocycles. The van der Waals surface area contributed by atoms with Crippen molar-refractivity contribution >= 4 is 16.6 Å². The first-order chi connectivity index (χ1) is 2.81. The quantitative estimate of drug-likeness (QED) is 0.222. The Morgan fingerprint density at radius 2 is 2.50 bits per heavy atom. The van der Waals surface area contributed by atoms with E-state index >= 15 is 0 Å². The summed E-state index contributed by atoms with van der Waals surface area (Å²) in [6.07, 6.45) is -0.790. The summed E-state index contributed by atoms with van der Waals surface area (Å²) in [6.45, 7) is 0. The maximum Gasteiger partial charge on any atom is 0.416 e. The van der Waals surface area contributed by atoms with Crippen LogP contribution in [0, 0.1) is 0 Å². The van der Waals surface area contributed by atoms with E-state index in [0.717, 1.165) is 0 Å². The van der Waals surface area contributed by atoms with Crippen molar-refractivity contribution in [3.05, 3.63) is 0 Å². The Kier molecular flexibility index (Phi) is 2.43. The van der Waals surface area contributed by atoms with Crippen LogP contribution in [0.3, 0.4) is 0 Å². The number of nitrogens with one attached hydrogen (secondary N) is 1. The van der Waals surface area contributed by atoms with E-state index < -0.39 is 6.09 Å². The summed E-state index contributed by atoms with van der Waals surface area (Å²) >= 11 is 0. The highest BCUT2D eigenvalue weighted by atomic mass is 28.2. The Morgan fingerprint density at radius 3 is 2.50 bits per heavy atom. The lowest BCUT2D eigenvalue weighted by atomic mass is 11.3. The van der Waals surface area contributed by atoms with Gasteiger partial charge in [0.15, 0.2) is 0 Å². The first-order valence-electron chi connectivity index (χ1n) is 1.29. The molecule has 0 aliphatic heterocycles. The van der Waals surface area contributed by atoms with Gasteiger partial charge in [0.25, 0.3) is 0 Å². The molecule has 36 valence electrons. The Morgan fingerprint density at radius 1 is 2.00 bits per heavy atom. The predicted octanol–water partition coefficient (Wildman–Crippen LogP) is -1.62. The second kappa shape index (κ2) is 2.67. The summed E-state index contributed by atoms with van der Waals surface area (Å²) in [7, 11) is 0.310. The van der Waals surface area contributed by atoms with Crippen molar-refractivity contribution in [2.45, 2.75) is 0 Å². The summed E-state index contributed by atoms with van der Waals surface area (Å²) in [5.41, 5.74) is 1.29. The molecule has 0 aromatic carbocycles. The molecule has 0 atom stereocenters. The first kappa shape index (κ1) is 5.45. The zero-order valence-electron chi connectivity index (χ0n) is 3.26. The van der Waals surface area contributed by atoms with Gasteiger partial charge < -0.3 is 4.43 Å². The number of carbonyl (C=O) groups is 1. The lowest BCUT2D eigenvalue weighted by molar-refractivity contribution is 0.130. The van der Waals surface area contributed by atoms with Gasteiger partial charge in [0.05, 0.1) is 0 Å². The molecule has 0 fully saturated rings. The molecular weight excluding hydrogens is 102 g/mol. The van der Waals surface area contributed by atoms with Gasteiger partial charge in [-0.25, -0.2) is 10.3 Å². The van der Waals surface area contributed by atoms with E-state index in [1.165, 1.54) is 5.48 Å². The largest absolute Gasteiger partial charge is 0.512 e. The normalized spacial score (nSPS) is 7.50. The average molecular weight is 107 g/mol. The molecule has 0 aromatic heterocycles. The van der Waals surface area contributed by atoms with Gasteiger partial charge in [-0.2, -0.15) is 0 Å². The van der Waals surface area contributed by atoms with Crippen LogP contribution in [0.4, 0.5) is 4.79 Å². The molecule has 0 unspecified atom stereocenters. The molecule has 0 saturated carbocycles. The fraction of sp³-hybridized carbons (Fsp3) is 0. The van der Waals surface area contributed by atoms with Gasteiger partial charge in [-0.1, -0.05) is 0 Å². The van der Waals surface area contributed by atoms with E-state index in [1.54, 1.807) is 0 Å². The van der Waals surface area contributed by atoms with Crippen LogP contribution in [-0.2, 0) is 4.43 Å². The van der Waals surface area contributed by atoms with E-state index in [-0.39, 0.29) is 0 Å². The van der Waals surface area contributed by atoms with Crippen LogP contribution >= 0.6 is 0 Å². The van der Waals surface area contributed by atoms with Gasteiger partial charge in [-0.05, 0) is 0 Å². The van der Waals surface area contributed by atoms with Gasteiger partial charge in [-0.15, -0.1) is 0 Å². The van der Waals surface area contributed by atoms with Crippen LogP contribution < -0.4 is 5.48 Å². The molecule has 4 nitrogen and oxygen atoms in total. The summed E-state index contributed by atoms with van der Waals surface area (Å²) in [5, 5.41) is 7.63. The smallest absolute Gasteiger partial charge is 0.416 e. The molecule has 6 heavy (non-hydrogen) atoms. The molecule has 0 spiro atoms. The fourth-order valence-corrected chi connectivity index (χ4v) is 0.137. The van der Waals surface area contributed by atoms with Gasteiger partial charge in [-0.3, -0.25) is 5.21 Å². The predicted molar refractivity (Wildman–Crippen MR) is 21.3 cm³/mol. The Bertz CT molecular complexity index is 48.8. The molecule has 0 radical (unpaired) electrons. The molecule has 0 aliphatic carbocycles. The maximum absolute atomic E-state index is 9.63. The number of hydrogen-bond donors (Lipinski definition) is 2. The van der Waals surface area contributed by atoms with Crippen molar-refractivity contribution in [3.63, 3.8) is 0 Å². The third kappa shape index (κ3) is 1.74. The van der Waals surface area contributed by atoms with E-state index in [2.05, 4.69) is 4.43 Å². The van der Waals surface area contributed by atoms with E-state index in [4.69, 9.17) is 5.21 Å². The molecule has 0 aliphatic rings. The van der Waals surface area contributed by atoms with Crippen LogP contribution in [0.15, 0.2) is 0 Å². The van der Waals surface area contributed by atoms with Gasteiger partial charge in [0.2, 0.25) is 10.5 Å². The Hall–Kier alpha value is -0.553. The van der Waals surface area contributed by atoms with E-state index in [9.17, 15) is 4.79 Å². The summed E-state index contributed by atoms with van der Waals surface area (Å²) < 4.78 is 4.04. The van der Waals surface area contributed by atoms with Gasteiger partial charge in [0.1, 0.15) is 0 Å². The molecule has 2 N–H and O–H groups in total. The minimum Gasteiger partial charge on any atom is -0.512 e. The van der Waals surface area contributed by atoms with Crippen LogP contribution in [0.1, 0.15) is 0 Å². The SMILES string of the molecule is O=C(NO)O[SiH3]. The van der Waals surface area contributed by atoms with Crippen molar-refractivity contribution in [1.29, 1.82) is 0 Å². The zero-order chi connectivity index (χ0) is 4.99.